The van der Waals surface area contributed by atoms with Crippen LogP contribution in [0.3, 0.4) is 0 Å². The summed E-state index contributed by atoms with van der Waals surface area (Å²) in [6, 6.07) is 4.80. The third-order valence-corrected chi connectivity index (χ3v) is 3.79. The number of piperidine rings is 1. The molecule has 0 aliphatic carbocycles. The average Bonchev–Trinajstić information content (AvgIpc) is 2.29. The van der Waals surface area contributed by atoms with Crippen molar-refractivity contribution in [1.29, 1.82) is 0 Å². The van der Waals surface area contributed by atoms with Crippen LogP contribution in [-0.2, 0) is 6.54 Å². The molecule has 0 saturated carbocycles. The van der Waals surface area contributed by atoms with Gasteiger partial charge in [-0.1, -0.05) is 19.9 Å². The number of rotatable bonds is 3. The Bertz CT molecular complexity index is 348. The molecule has 0 radical (unpaired) electrons. The highest BCUT2D eigenvalue weighted by molar-refractivity contribution is 5.08. The van der Waals surface area contributed by atoms with Gasteiger partial charge in [0.15, 0.2) is 0 Å². The Labute approximate surface area is 104 Å². The Morgan fingerprint density at radius 1 is 1.53 bits per heavy atom. The summed E-state index contributed by atoms with van der Waals surface area (Å²) in [6.45, 7) is 8.04. The number of likely N-dealkylation sites (tertiary alicyclic amines) is 1. The zero-order valence-electron chi connectivity index (χ0n) is 11.1. The summed E-state index contributed by atoms with van der Waals surface area (Å²) < 4.78 is 0. The maximum Gasteiger partial charge on any atom is 0.0312 e. The van der Waals surface area contributed by atoms with Gasteiger partial charge in [-0.05, 0) is 30.5 Å². The molecule has 17 heavy (non-hydrogen) atoms. The second-order valence-electron chi connectivity index (χ2n) is 5.69. The molecule has 1 saturated heterocycles. The fraction of sp³-hybridized carbons (Fsp3) is 0.643. The minimum atomic E-state index is 0.342. The first-order chi connectivity index (χ1) is 8.12. The fourth-order valence-corrected chi connectivity index (χ4v) is 2.89. The number of hydrogen-bond acceptors (Lipinski definition) is 3. The van der Waals surface area contributed by atoms with Crippen LogP contribution < -0.4 is 5.32 Å². The number of nitrogens with zero attached hydrogens (tertiary/aromatic N) is 2. The summed E-state index contributed by atoms with van der Waals surface area (Å²) in [5.74, 6) is 0. The highest BCUT2D eigenvalue weighted by Crippen LogP contribution is 2.29. The van der Waals surface area contributed by atoms with Gasteiger partial charge in [-0.15, -0.1) is 0 Å². The molecule has 1 unspecified atom stereocenters. The van der Waals surface area contributed by atoms with Crippen molar-refractivity contribution in [3.05, 3.63) is 30.1 Å². The van der Waals surface area contributed by atoms with Gasteiger partial charge in [-0.3, -0.25) is 9.88 Å². The van der Waals surface area contributed by atoms with Gasteiger partial charge in [0.1, 0.15) is 0 Å². The van der Waals surface area contributed by atoms with Crippen molar-refractivity contribution >= 4 is 0 Å². The van der Waals surface area contributed by atoms with Crippen molar-refractivity contribution in [2.24, 2.45) is 5.41 Å². The van der Waals surface area contributed by atoms with Gasteiger partial charge in [0.25, 0.3) is 0 Å². The predicted octanol–water partition coefficient (Wildman–Crippen LogP) is 1.90. The summed E-state index contributed by atoms with van der Waals surface area (Å²) in [5.41, 5.74) is 1.65. The van der Waals surface area contributed by atoms with Crippen LogP contribution in [-0.4, -0.2) is 36.1 Å². The van der Waals surface area contributed by atoms with Crippen molar-refractivity contribution in [2.75, 3.05) is 20.1 Å². The van der Waals surface area contributed by atoms with E-state index < -0.39 is 0 Å². The largest absolute Gasteiger partial charge is 0.316 e. The highest BCUT2D eigenvalue weighted by Gasteiger charge is 2.34. The quantitative estimate of drug-likeness (QED) is 0.864. The second kappa shape index (κ2) is 5.15. The highest BCUT2D eigenvalue weighted by atomic mass is 15.2. The summed E-state index contributed by atoms with van der Waals surface area (Å²) >= 11 is 0. The molecule has 1 aliphatic rings. The monoisotopic (exact) mass is 233 g/mol. The van der Waals surface area contributed by atoms with Gasteiger partial charge in [0, 0.05) is 38.1 Å². The van der Waals surface area contributed by atoms with Crippen molar-refractivity contribution < 1.29 is 0 Å². The number of nitrogens with one attached hydrogen (secondary N) is 1. The molecule has 0 bridgehead atoms. The van der Waals surface area contributed by atoms with E-state index in [9.17, 15) is 0 Å². The molecule has 3 heteroatoms. The van der Waals surface area contributed by atoms with Crippen LogP contribution in [0.2, 0.25) is 0 Å². The molecule has 1 fully saturated rings. The standard InChI is InChI=1S/C14H23N3/c1-14(2)11-17(8-6-13(14)15-3)10-12-5-4-7-16-9-12/h4-5,7,9,13,15H,6,8,10-11H2,1-3H3. The molecular formula is C14H23N3. The Morgan fingerprint density at radius 2 is 2.35 bits per heavy atom. The van der Waals surface area contributed by atoms with Crippen molar-refractivity contribution in [3.63, 3.8) is 0 Å². The molecule has 2 heterocycles. The molecule has 1 aromatic heterocycles. The van der Waals surface area contributed by atoms with E-state index in [0.29, 0.717) is 11.5 Å². The maximum atomic E-state index is 4.18. The minimum Gasteiger partial charge on any atom is -0.316 e. The van der Waals surface area contributed by atoms with Crippen LogP contribution in [0, 0.1) is 5.41 Å². The fourth-order valence-electron chi connectivity index (χ4n) is 2.89. The summed E-state index contributed by atoms with van der Waals surface area (Å²) in [5, 5.41) is 3.44. The lowest BCUT2D eigenvalue weighted by molar-refractivity contribution is 0.0763. The van der Waals surface area contributed by atoms with Crippen LogP contribution in [0.5, 0.6) is 0 Å². The van der Waals surface area contributed by atoms with E-state index in [0.717, 1.165) is 13.1 Å². The first-order valence-electron chi connectivity index (χ1n) is 6.40. The van der Waals surface area contributed by atoms with Crippen LogP contribution in [0.1, 0.15) is 25.8 Å². The molecule has 0 amide bonds. The normalized spacial score (nSPS) is 24.8. The van der Waals surface area contributed by atoms with Gasteiger partial charge >= 0.3 is 0 Å². The average molecular weight is 233 g/mol. The maximum absolute atomic E-state index is 4.18. The lowest BCUT2D eigenvalue weighted by Gasteiger charge is -2.44. The number of aromatic nitrogens is 1. The molecule has 0 spiro atoms. The lowest BCUT2D eigenvalue weighted by Crippen LogP contribution is -2.53. The Hall–Kier alpha value is -0.930. The molecule has 1 atom stereocenters. The first-order valence-corrected chi connectivity index (χ1v) is 6.40. The summed E-state index contributed by atoms with van der Waals surface area (Å²) in [6.07, 6.45) is 5.03. The summed E-state index contributed by atoms with van der Waals surface area (Å²) in [7, 11) is 2.07. The number of pyridine rings is 1. The van der Waals surface area contributed by atoms with E-state index >= 15 is 0 Å². The van der Waals surface area contributed by atoms with Crippen molar-refractivity contribution in [3.8, 4) is 0 Å². The van der Waals surface area contributed by atoms with Crippen LogP contribution in [0.25, 0.3) is 0 Å². The first kappa shape index (κ1) is 12.5. The molecular weight excluding hydrogens is 210 g/mol. The topological polar surface area (TPSA) is 28.2 Å². The molecule has 2 rings (SSSR count). The van der Waals surface area contributed by atoms with E-state index in [-0.39, 0.29) is 0 Å². The van der Waals surface area contributed by atoms with Crippen LogP contribution in [0.15, 0.2) is 24.5 Å². The van der Waals surface area contributed by atoms with Crippen molar-refractivity contribution in [2.45, 2.75) is 32.9 Å². The Morgan fingerprint density at radius 3 is 2.94 bits per heavy atom. The Kier molecular flexibility index (Phi) is 3.79. The second-order valence-corrected chi connectivity index (χ2v) is 5.69. The van der Waals surface area contributed by atoms with E-state index in [1.165, 1.54) is 18.5 Å². The molecule has 3 nitrogen and oxygen atoms in total. The smallest absolute Gasteiger partial charge is 0.0312 e. The number of hydrogen-bond donors (Lipinski definition) is 1. The lowest BCUT2D eigenvalue weighted by atomic mass is 9.79. The third-order valence-electron chi connectivity index (χ3n) is 3.79. The van der Waals surface area contributed by atoms with Crippen LogP contribution >= 0.6 is 0 Å². The van der Waals surface area contributed by atoms with E-state index in [4.69, 9.17) is 0 Å². The van der Waals surface area contributed by atoms with E-state index in [2.05, 4.69) is 42.2 Å². The molecule has 0 aromatic carbocycles. The zero-order valence-corrected chi connectivity index (χ0v) is 11.1. The van der Waals surface area contributed by atoms with Crippen molar-refractivity contribution in [1.82, 2.24) is 15.2 Å². The van der Waals surface area contributed by atoms with Gasteiger partial charge in [-0.25, -0.2) is 0 Å². The van der Waals surface area contributed by atoms with Crippen LogP contribution in [0.4, 0.5) is 0 Å². The van der Waals surface area contributed by atoms with Gasteiger partial charge in [0.05, 0.1) is 0 Å². The Balaban J connectivity index is 1.97. The third kappa shape index (κ3) is 3.05. The molecule has 1 N–H and O–H groups in total. The molecule has 1 aromatic rings. The molecule has 1 aliphatic heterocycles. The van der Waals surface area contributed by atoms with E-state index in [1.54, 1.807) is 0 Å². The zero-order chi connectivity index (χ0) is 12.3. The van der Waals surface area contributed by atoms with E-state index in [1.807, 2.05) is 18.5 Å². The molecule has 94 valence electrons. The SMILES string of the molecule is CNC1CCN(Cc2cccnc2)CC1(C)C. The van der Waals surface area contributed by atoms with Gasteiger partial charge in [0.2, 0.25) is 0 Å². The minimum absolute atomic E-state index is 0.342. The van der Waals surface area contributed by atoms with Gasteiger partial charge in [-0.2, -0.15) is 0 Å². The van der Waals surface area contributed by atoms with Gasteiger partial charge < -0.3 is 5.32 Å². The predicted molar refractivity (Wildman–Crippen MR) is 70.8 cm³/mol. The summed E-state index contributed by atoms with van der Waals surface area (Å²) in [4.78, 5) is 6.71.